The van der Waals surface area contributed by atoms with E-state index in [4.69, 9.17) is 4.74 Å². The van der Waals surface area contributed by atoms with Gasteiger partial charge in [-0.3, -0.25) is 4.98 Å². The lowest BCUT2D eigenvalue weighted by atomic mass is 10.1. The number of nitrogens with zero attached hydrogens (tertiary/aromatic N) is 2. The third kappa shape index (κ3) is 4.18. The van der Waals surface area contributed by atoms with Crippen molar-refractivity contribution >= 4 is 16.6 Å². The molecule has 0 radical (unpaired) electrons. The second kappa shape index (κ2) is 7.22. The molecule has 0 aliphatic heterocycles. The first-order chi connectivity index (χ1) is 9.66. The van der Waals surface area contributed by atoms with E-state index in [1.807, 2.05) is 39.2 Å². The van der Waals surface area contributed by atoms with Crippen molar-refractivity contribution in [3.05, 3.63) is 36.0 Å². The van der Waals surface area contributed by atoms with Crippen molar-refractivity contribution in [2.75, 3.05) is 45.7 Å². The SMILES string of the molecule is Cc1cc(NCCOCCN(C)C)c2ccccc2n1. The summed E-state index contributed by atoms with van der Waals surface area (Å²) >= 11 is 0. The Morgan fingerprint density at radius 3 is 2.80 bits per heavy atom. The predicted molar refractivity (Wildman–Crippen MR) is 84.3 cm³/mol. The van der Waals surface area contributed by atoms with Crippen LogP contribution < -0.4 is 5.32 Å². The molecule has 1 N–H and O–H groups in total. The number of aryl methyl sites for hydroxylation is 1. The summed E-state index contributed by atoms with van der Waals surface area (Å²) in [6.45, 7) is 5.26. The third-order valence-electron chi connectivity index (χ3n) is 3.09. The fraction of sp³-hybridized carbons (Fsp3) is 0.438. The first kappa shape index (κ1) is 14.8. The van der Waals surface area contributed by atoms with Crippen LogP contribution in [0.2, 0.25) is 0 Å². The first-order valence-electron chi connectivity index (χ1n) is 6.99. The summed E-state index contributed by atoms with van der Waals surface area (Å²) in [6.07, 6.45) is 0. The van der Waals surface area contributed by atoms with E-state index in [0.717, 1.165) is 42.0 Å². The number of nitrogens with one attached hydrogen (secondary N) is 1. The Morgan fingerprint density at radius 2 is 2.00 bits per heavy atom. The molecule has 1 heterocycles. The van der Waals surface area contributed by atoms with Crippen LogP contribution in [0.25, 0.3) is 10.9 Å². The molecule has 0 fully saturated rings. The average molecular weight is 273 g/mol. The lowest BCUT2D eigenvalue weighted by molar-refractivity contribution is 0.126. The van der Waals surface area contributed by atoms with Crippen LogP contribution in [0.1, 0.15) is 5.69 Å². The first-order valence-corrected chi connectivity index (χ1v) is 6.99. The molecule has 1 aromatic carbocycles. The van der Waals surface area contributed by atoms with Crippen molar-refractivity contribution in [3.63, 3.8) is 0 Å². The Bertz CT molecular complexity index is 554. The summed E-state index contributed by atoms with van der Waals surface area (Å²) in [5.74, 6) is 0. The van der Waals surface area contributed by atoms with Crippen LogP contribution in [-0.4, -0.2) is 50.3 Å². The standard InChI is InChI=1S/C16H23N3O/c1-13-12-16(14-6-4-5-7-15(14)18-13)17-8-10-20-11-9-19(2)3/h4-7,12H,8-11H2,1-3H3,(H,17,18). The smallest absolute Gasteiger partial charge is 0.0725 e. The van der Waals surface area contributed by atoms with E-state index in [-0.39, 0.29) is 0 Å². The van der Waals surface area contributed by atoms with Gasteiger partial charge in [-0.25, -0.2) is 0 Å². The van der Waals surface area contributed by atoms with Crippen LogP contribution in [0.4, 0.5) is 5.69 Å². The van der Waals surface area contributed by atoms with Gasteiger partial charge in [0.1, 0.15) is 0 Å². The van der Waals surface area contributed by atoms with Crippen LogP contribution in [-0.2, 0) is 4.74 Å². The molecule has 20 heavy (non-hydrogen) atoms. The van der Waals surface area contributed by atoms with E-state index >= 15 is 0 Å². The highest BCUT2D eigenvalue weighted by molar-refractivity contribution is 5.91. The van der Waals surface area contributed by atoms with Crippen molar-refractivity contribution in [1.29, 1.82) is 0 Å². The lowest BCUT2D eigenvalue weighted by Gasteiger charge is -2.12. The Balaban J connectivity index is 1.90. The summed E-state index contributed by atoms with van der Waals surface area (Å²) in [5.41, 5.74) is 3.19. The lowest BCUT2D eigenvalue weighted by Crippen LogP contribution is -2.20. The maximum Gasteiger partial charge on any atom is 0.0725 e. The monoisotopic (exact) mass is 273 g/mol. The summed E-state index contributed by atoms with van der Waals surface area (Å²) in [7, 11) is 4.10. The van der Waals surface area contributed by atoms with Gasteiger partial charge in [-0.1, -0.05) is 18.2 Å². The normalized spacial score (nSPS) is 11.2. The van der Waals surface area contributed by atoms with Gasteiger partial charge in [0.05, 0.1) is 18.7 Å². The number of hydrogen-bond donors (Lipinski definition) is 1. The van der Waals surface area contributed by atoms with Crippen LogP contribution in [0.3, 0.4) is 0 Å². The van der Waals surface area contributed by atoms with Crippen LogP contribution >= 0.6 is 0 Å². The molecule has 4 heteroatoms. The molecule has 0 saturated heterocycles. The van der Waals surface area contributed by atoms with E-state index in [1.54, 1.807) is 0 Å². The van der Waals surface area contributed by atoms with E-state index in [9.17, 15) is 0 Å². The molecule has 0 aliphatic carbocycles. The summed E-state index contributed by atoms with van der Waals surface area (Å²) in [6, 6.07) is 10.3. The molecule has 4 nitrogen and oxygen atoms in total. The Labute approximate surface area is 120 Å². The number of pyridine rings is 1. The highest BCUT2D eigenvalue weighted by Crippen LogP contribution is 2.22. The number of likely N-dealkylation sites (N-methyl/N-ethyl adjacent to an activating group) is 1. The number of rotatable bonds is 7. The predicted octanol–water partition coefficient (Wildman–Crippen LogP) is 2.53. The molecule has 2 aromatic rings. The van der Waals surface area contributed by atoms with Gasteiger partial charge in [0.2, 0.25) is 0 Å². The van der Waals surface area contributed by atoms with Crippen molar-refractivity contribution < 1.29 is 4.74 Å². The minimum Gasteiger partial charge on any atom is -0.382 e. The van der Waals surface area contributed by atoms with Gasteiger partial charge in [-0.2, -0.15) is 0 Å². The number of ether oxygens (including phenoxy) is 1. The number of aromatic nitrogens is 1. The highest BCUT2D eigenvalue weighted by Gasteiger charge is 2.02. The molecular formula is C16H23N3O. The third-order valence-corrected chi connectivity index (χ3v) is 3.09. The van der Waals surface area contributed by atoms with E-state index in [0.29, 0.717) is 6.61 Å². The van der Waals surface area contributed by atoms with Gasteiger partial charge in [0.15, 0.2) is 0 Å². The number of anilines is 1. The summed E-state index contributed by atoms with van der Waals surface area (Å²) in [5, 5.41) is 4.60. The van der Waals surface area contributed by atoms with Crippen LogP contribution in [0.15, 0.2) is 30.3 Å². The molecule has 0 atom stereocenters. The summed E-state index contributed by atoms with van der Waals surface area (Å²) in [4.78, 5) is 6.65. The van der Waals surface area contributed by atoms with Crippen molar-refractivity contribution in [2.45, 2.75) is 6.92 Å². The quantitative estimate of drug-likeness (QED) is 0.787. The Kier molecular flexibility index (Phi) is 5.32. The van der Waals surface area contributed by atoms with Gasteiger partial charge >= 0.3 is 0 Å². The zero-order valence-corrected chi connectivity index (χ0v) is 12.5. The minimum atomic E-state index is 0.712. The van der Waals surface area contributed by atoms with Gasteiger partial charge in [-0.15, -0.1) is 0 Å². The van der Waals surface area contributed by atoms with E-state index in [2.05, 4.69) is 27.3 Å². The highest BCUT2D eigenvalue weighted by atomic mass is 16.5. The molecule has 0 spiro atoms. The fourth-order valence-electron chi connectivity index (χ4n) is 2.06. The molecule has 0 bridgehead atoms. The zero-order chi connectivity index (χ0) is 14.4. The van der Waals surface area contributed by atoms with Gasteiger partial charge in [-0.05, 0) is 33.2 Å². The minimum absolute atomic E-state index is 0.712. The number of fused-ring (bicyclic) bond motifs is 1. The van der Waals surface area contributed by atoms with Gasteiger partial charge in [0.25, 0.3) is 0 Å². The van der Waals surface area contributed by atoms with E-state index < -0.39 is 0 Å². The molecule has 0 saturated carbocycles. The molecular weight excluding hydrogens is 250 g/mol. The molecule has 0 amide bonds. The Hall–Kier alpha value is -1.65. The van der Waals surface area contributed by atoms with E-state index in [1.165, 1.54) is 0 Å². The molecule has 108 valence electrons. The second-order valence-electron chi connectivity index (χ2n) is 5.17. The maximum atomic E-state index is 5.59. The number of benzene rings is 1. The largest absolute Gasteiger partial charge is 0.382 e. The van der Waals surface area contributed by atoms with Crippen LogP contribution in [0.5, 0.6) is 0 Å². The molecule has 0 aliphatic rings. The number of hydrogen-bond acceptors (Lipinski definition) is 4. The molecule has 1 aromatic heterocycles. The van der Waals surface area contributed by atoms with Crippen molar-refractivity contribution in [2.24, 2.45) is 0 Å². The van der Waals surface area contributed by atoms with Crippen molar-refractivity contribution in [1.82, 2.24) is 9.88 Å². The fourth-order valence-corrected chi connectivity index (χ4v) is 2.06. The maximum absolute atomic E-state index is 5.59. The number of para-hydroxylation sites is 1. The molecule has 0 unspecified atom stereocenters. The van der Waals surface area contributed by atoms with Crippen molar-refractivity contribution in [3.8, 4) is 0 Å². The second-order valence-corrected chi connectivity index (χ2v) is 5.17. The zero-order valence-electron chi connectivity index (χ0n) is 12.5. The van der Waals surface area contributed by atoms with Gasteiger partial charge < -0.3 is 15.0 Å². The van der Waals surface area contributed by atoms with Crippen LogP contribution in [0, 0.1) is 6.92 Å². The summed E-state index contributed by atoms with van der Waals surface area (Å²) < 4.78 is 5.59. The average Bonchev–Trinajstić information content (AvgIpc) is 2.42. The van der Waals surface area contributed by atoms with Gasteiger partial charge in [0, 0.05) is 29.9 Å². The topological polar surface area (TPSA) is 37.4 Å². The Morgan fingerprint density at radius 1 is 1.20 bits per heavy atom. The molecule has 2 rings (SSSR count).